The monoisotopic (exact) mass is 256 g/mol. The average molecular weight is 257 g/mol. The molecule has 0 atom stereocenters. The molecule has 0 aliphatic rings. The first kappa shape index (κ1) is 13.8. The molecule has 1 amide bonds. The molecule has 0 saturated carbocycles. The highest BCUT2D eigenvalue weighted by atomic mass is 35.5. The second-order valence-electron chi connectivity index (χ2n) is 3.64. The van der Waals surface area contributed by atoms with Crippen LogP contribution in [0.4, 0.5) is 0 Å². The molecule has 0 bridgehead atoms. The van der Waals surface area contributed by atoms with Crippen LogP contribution in [-0.4, -0.2) is 12.5 Å². The fraction of sp³-hybridized carbons (Fsp3) is 0.417. The van der Waals surface area contributed by atoms with Crippen molar-refractivity contribution in [2.75, 3.05) is 6.61 Å². The van der Waals surface area contributed by atoms with Crippen molar-refractivity contribution in [2.45, 2.75) is 26.2 Å². The molecule has 4 nitrogen and oxygen atoms in total. The summed E-state index contributed by atoms with van der Waals surface area (Å²) in [7, 11) is 0. The van der Waals surface area contributed by atoms with Gasteiger partial charge in [-0.05, 0) is 30.5 Å². The number of hydrogen-bond donors (Lipinski definition) is 2. The number of amides is 1. The number of ether oxygens (including phenoxy) is 1. The number of nitrogens with one attached hydrogen (secondary N) is 1. The second kappa shape index (κ2) is 7.14. The number of hydrogen-bond acceptors (Lipinski definition) is 3. The lowest BCUT2D eigenvalue weighted by atomic mass is 10.2. The maximum Gasteiger partial charge on any atom is 0.234 e. The Bertz CT molecular complexity index is 383. The molecule has 0 aliphatic heterocycles. The van der Waals surface area contributed by atoms with E-state index in [9.17, 15) is 4.79 Å². The highest BCUT2D eigenvalue weighted by Gasteiger charge is 2.03. The van der Waals surface area contributed by atoms with Gasteiger partial charge in [-0.25, -0.2) is 5.84 Å². The molecule has 0 saturated heterocycles. The van der Waals surface area contributed by atoms with Crippen LogP contribution >= 0.6 is 11.6 Å². The average Bonchev–Trinajstić information content (AvgIpc) is 2.35. The molecule has 0 heterocycles. The molecule has 0 fully saturated rings. The molecule has 94 valence electrons. The Labute approximate surface area is 106 Å². The molecule has 0 aromatic heterocycles. The maximum atomic E-state index is 10.9. The van der Waals surface area contributed by atoms with Crippen LogP contribution in [0, 0.1) is 0 Å². The zero-order valence-electron chi connectivity index (χ0n) is 9.83. The summed E-state index contributed by atoms with van der Waals surface area (Å²) in [4.78, 5) is 10.9. The van der Waals surface area contributed by atoms with Crippen molar-refractivity contribution < 1.29 is 9.53 Å². The fourth-order valence-corrected chi connectivity index (χ4v) is 1.63. The van der Waals surface area contributed by atoms with Crippen LogP contribution in [0.3, 0.4) is 0 Å². The van der Waals surface area contributed by atoms with Crippen LogP contribution in [0.1, 0.15) is 25.3 Å². The maximum absolute atomic E-state index is 10.9. The highest BCUT2D eigenvalue weighted by Crippen LogP contribution is 2.25. The van der Waals surface area contributed by atoms with Crippen LogP contribution in [0.15, 0.2) is 18.2 Å². The zero-order valence-corrected chi connectivity index (χ0v) is 10.6. The van der Waals surface area contributed by atoms with Crippen molar-refractivity contribution in [2.24, 2.45) is 5.84 Å². The third kappa shape index (κ3) is 4.63. The lowest BCUT2D eigenvalue weighted by Crippen LogP contribution is -2.29. The summed E-state index contributed by atoms with van der Waals surface area (Å²) in [6, 6.07) is 5.72. The van der Waals surface area contributed by atoms with Crippen LogP contribution < -0.4 is 16.0 Å². The summed E-state index contributed by atoms with van der Waals surface area (Å²) < 4.78 is 5.48. The molecule has 0 spiro atoms. The molecule has 1 rings (SSSR count). The first-order valence-electron chi connectivity index (χ1n) is 5.58. The van der Waals surface area contributed by atoms with Gasteiger partial charge in [0.25, 0.3) is 0 Å². The smallest absolute Gasteiger partial charge is 0.234 e. The second-order valence-corrected chi connectivity index (χ2v) is 4.05. The van der Waals surface area contributed by atoms with E-state index in [-0.39, 0.29) is 5.91 Å². The van der Waals surface area contributed by atoms with E-state index in [0.29, 0.717) is 30.2 Å². The molecular weight excluding hydrogens is 240 g/mol. The largest absolute Gasteiger partial charge is 0.492 e. The number of halogens is 1. The third-order valence-electron chi connectivity index (χ3n) is 2.37. The predicted molar refractivity (Wildman–Crippen MR) is 67.9 cm³/mol. The first-order chi connectivity index (χ1) is 8.17. The van der Waals surface area contributed by atoms with Crippen molar-refractivity contribution in [3.8, 4) is 5.75 Å². The zero-order chi connectivity index (χ0) is 12.7. The van der Waals surface area contributed by atoms with Crippen molar-refractivity contribution in [1.29, 1.82) is 0 Å². The fourth-order valence-electron chi connectivity index (χ4n) is 1.37. The van der Waals surface area contributed by atoms with Gasteiger partial charge in [0.2, 0.25) is 5.91 Å². The van der Waals surface area contributed by atoms with Crippen molar-refractivity contribution in [3.05, 3.63) is 28.8 Å². The Morgan fingerprint density at radius 3 is 2.88 bits per heavy atom. The van der Waals surface area contributed by atoms with Crippen LogP contribution in [0.2, 0.25) is 5.02 Å². The number of benzene rings is 1. The topological polar surface area (TPSA) is 64.3 Å². The van der Waals surface area contributed by atoms with E-state index >= 15 is 0 Å². The molecule has 3 N–H and O–H groups in total. The van der Waals surface area contributed by atoms with Gasteiger partial charge in [-0.2, -0.15) is 0 Å². The van der Waals surface area contributed by atoms with Crippen LogP contribution in [-0.2, 0) is 11.2 Å². The number of hydrazine groups is 1. The number of rotatable bonds is 6. The minimum Gasteiger partial charge on any atom is -0.492 e. The Hall–Kier alpha value is -1.26. The van der Waals surface area contributed by atoms with Gasteiger partial charge in [-0.15, -0.1) is 0 Å². The molecule has 0 unspecified atom stereocenters. The van der Waals surface area contributed by atoms with Gasteiger partial charge in [0.05, 0.1) is 11.6 Å². The number of carbonyl (C=O) groups is 1. The van der Waals surface area contributed by atoms with E-state index in [4.69, 9.17) is 22.2 Å². The van der Waals surface area contributed by atoms with Gasteiger partial charge in [-0.1, -0.05) is 24.6 Å². The predicted octanol–water partition coefficient (Wildman–Crippen LogP) is 2.05. The normalized spacial score (nSPS) is 10.1. The Morgan fingerprint density at radius 1 is 1.53 bits per heavy atom. The molecule has 0 radical (unpaired) electrons. The molecule has 1 aromatic carbocycles. The van der Waals surface area contributed by atoms with Gasteiger partial charge in [0.1, 0.15) is 5.75 Å². The van der Waals surface area contributed by atoms with E-state index in [1.165, 1.54) is 5.56 Å². The molecular formula is C12H17ClN2O2. The summed E-state index contributed by atoms with van der Waals surface area (Å²) in [5, 5.41) is 0.604. The molecule has 17 heavy (non-hydrogen) atoms. The summed E-state index contributed by atoms with van der Waals surface area (Å²) in [5.41, 5.74) is 3.24. The van der Waals surface area contributed by atoms with E-state index in [2.05, 4.69) is 12.3 Å². The lowest BCUT2D eigenvalue weighted by molar-refractivity contribution is -0.121. The van der Waals surface area contributed by atoms with E-state index in [1.807, 2.05) is 18.2 Å². The lowest BCUT2D eigenvalue weighted by Gasteiger charge is -2.08. The van der Waals surface area contributed by atoms with E-state index in [0.717, 1.165) is 6.42 Å². The van der Waals surface area contributed by atoms with Gasteiger partial charge in [-0.3, -0.25) is 10.2 Å². The quantitative estimate of drug-likeness (QED) is 0.354. The number of aryl methyl sites for hydroxylation is 1. The minimum atomic E-state index is -0.193. The molecule has 1 aromatic rings. The summed E-state index contributed by atoms with van der Waals surface area (Å²) in [5.74, 6) is 5.42. The van der Waals surface area contributed by atoms with Crippen molar-refractivity contribution >= 4 is 17.5 Å². The van der Waals surface area contributed by atoms with Crippen LogP contribution in [0.25, 0.3) is 0 Å². The highest BCUT2D eigenvalue weighted by molar-refractivity contribution is 6.32. The van der Waals surface area contributed by atoms with E-state index < -0.39 is 0 Å². The Balaban J connectivity index is 2.39. The van der Waals surface area contributed by atoms with Crippen molar-refractivity contribution in [1.82, 2.24) is 5.43 Å². The third-order valence-corrected chi connectivity index (χ3v) is 2.67. The van der Waals surface area contributed by atoms with Gasteiger partial charge >= 0.3 is 0 Å². The number of nitrogens with two attached hydrogens (primary N) is 1. The number of carbonyl (C=O) groups excluding carboxylic acids is 1. The SMILES string of the molecule is CCc1ccc(OCCCC(=O)NN)c(Cl)c1. The van der Waals surface area contributed by atoms with Crippen LogP contribution in [0.5, 0.6) is 5.75 Å². The summed E-state index contributed by atoms with van der Waals surface area (Å²) in [6.07, 6.45) is 1.90. The van der Waals surface area contributed by atoms with Gasteiger partial charge in [0.15, 0.2) is 0 Å². The molecule has 0 aliphatic carbocycles. The minimum absolute atomic E-state index is 0.193. The van der Waals surface area contributed by atoms with Gasteiger partial charge in [0, 0.05) is 6.42 Å². The summed E-state index contributed by atoms with van der Waals surface area (Å²) >= 11 is 6.05. The van der Waals surface area contributed by atoms with Crippen molar-refractivity contribution in [3.63, 3.8) is 0 Å². The molecule has 5 heteroatoms. The summed E-state index contributed by atoms with van der Waals surface area (Å²) in [6.45, 7) is 2.51. The Kier molecular flexibility index (Phi) is 5.80. The van der Waals surface area contributed by atoms with Gasteiger partial charge < -0.3 is 4.74 Å². The Morgan fingerprint density at radius 2 is 2.29 bits per heavy atom. The standard InChI is InChI=1S/C12H17ClN2O2/c1-2-9-5-6-11(10(13)8-9)17-7-3-4-12(16)15-14/h5-6,8H,2-4,7,14H2,1H3,(H,15,16). The first-order valence-corrected chi connectivity index (χ1v) is 5.95. The van der Waals surface area contributed by atoms with E-state index in [1.54, 1.807) is 0 Å².